The quantitative estimate of drug-likeness (QED) is 0.126. The Hall–Kier alpha value is -5.37. The van der Waals surface area contributed by atoms with Gasteiger partial charge in [0, 0.05) is 87.1 Å². The third-order valence-electron chi connectivity index (χ3n) is 11.6. The molecule has 2 aromatic heterocycles. The van der Waals surface area contributed by atoms with Gasteiger partial charge in [-0.3, -0.25) is 4.68 Å². The van der Waals surface area contributed by atoms with Crippen LogP contribution in [0.5, 0.6) is 11.5 Å². The average Bonchev–Trinajstić information content (AvgIpc) is 3.71. The number of hydrogen-bond acceptors (Lipinski definition) is 7. The summed E-state index contributed by atoms with van der Waals surface area (Å²) in [4.78, 5) is 15.4. The molecule has 1 N–H and O–H groups in total. The van der Waals surface area contributed by atoms with Gasteiger partial charge in [0.2, 0.25) is 0 Å². The van der Waals surface area contributed by atoms with Crippen LogP contribution in [0.2, 0.25) is 0 Å². The normalized spacial score (nSPS) is 15.4. The SMILES string of the molecule is CN(C)S(=O)(=O)N1CCN(c2ccc(OCc3nn(C)c4c3-c3cccc5c(CCCOc6cccc7ccccc67)c(C(=O)O)n(c35)CCCCCC4)cc2)CC1. The number of benzene rings is 4. The lowest BCUT2D eigenvalue weighted by atomic mass is 9.96. The van der Waals surface area contributed by atoms with Gasteiger partial charge in [-0.2, -0.15) is 22.1 Å². The lowest BCUT2D eigenvalue weighted by Crippen LogP contribution is -2.51. The molecule has 2 aliphatic heterocycles. The first-order valence-electron chi connectivity index (χ1n) is 20.3. The van der Waals surface area contributed by atoms with Crippen molar-refractivity contribution >= 4 is 43.5 Å². The summed E-state index contributed by atoms with van der Waals surface area (Å²) in [7, 11) is 1.68. The second-order valence-electron chi connectivity index (χ2n) is 15.4. The molecule has 1 saturated heterocycles. The van der Waals surface area contributed by atoms with Crippen LogP contribution >= 0.6 is 0 Å². The van der Waals surface area contributed by atoms with Crippen LogP contribution in [0.25, 0.3) is 32.8 Å². The molecule has 304 valence electrons. The molecule has 1 fully saturated rings. The Morgan fingerprint density at radius 1 is 0.828 bits per heavy atom. The lowest BCUT2D eigenvalue weighted by Gasteiger charge is -2.36. The number of fused-ring (bicyclic) bond motifs is 3. The van der Waals surface area contributed by atoms with Crippen molar-refractivity contribution in [3.8, 4) is 22.6 Å². The number of aromatic nitrogens is 3. The molecule has 2 aliphatic rings. The fraction of sp³-hybridized carbons (Fsp3) is 0.378. The van der Waals surface area contributed by atoms with Gasteiger partial charge in [0.25, 0.3) is 10.2 Å². The molecule has 0 amide bonds. The van der Waals surface area contributed by atoms with Crippen LogP contribution in [0, 0.1) is 0 Å². The highest BCUT2D eigenvalue weighted by molar-refractivity contribution is 7.86. The van der Waals surface area contributed by atoms with Gasteiger partial charge in [-0.1, -0.05) is 67.4 Å². The van der Waals surface area contributed by atoms with Crippen molar-refractivity contribution in [3.05, 3.63) is 108 Å². The van der Waals surface area contributed by atoms with Crippen LogP contribution in [-0.4, -0.2) is 89.3 Å². The molecule has 58 heavy (non-hydrogen) atoms. The number of piperazine rings is 1. The maximum absolute atomic E-state index is 13.2. The molecule has 0 atom stereocenters. The highest BCUT2D eigenvalue weighted by atomic mass is 32.2. The van der Waals surface area contributed by atoms with Gasteiger partial charge in [0.15, 0.2) is 0 Å². The number of nitrogens with zero attached hydrogens (tertiary/aromatic N) is 6. The summed E-state index contributed by atoms with van der Waals surface area (Å²) in [6.07, 6.45) is 6.06. The van der Waals surface area contributed by atoms with Crippen molar-refractivity contribution in [1.82, 2.24) is 23.0 Å². The number of rotatable bonds is 12. The number of aromatic carboxylic acids is 1. The molecule has 4 aromatic carbocycles. The Bertz CT molecular complexity index is 2530. The van der Waals surface area contributed by atoms with Gasteiger partial charge in [-0.25, -0.2) is 4.79 Å². The minimum Gasteiger partial charge on any atom is -0.493 e. The summed E-state index contributed by atoms with van der Waals surface area (Å²) in [6, 6.07) is 28.4. The van der Waals surface area contributed by atoms with E-state index in [0.29, 0.717) is 63.6 Å². The molecule has 13 heteroatoms. The second kappa shape index (κ2) is 16.8. The average molecular weight is 805 g/mol. The summed E-state index contributed by atoms with van der Waals surface area (Å²) in [5.41, 5.74) is 7.06. The highest BCUT2D eigenvalue weighted by Gasteiger charge is 2.30. The van der Waals surface area contributed by atoms with E-state index in [0.717, 1.165) is 93.3 Å². The number of carbonyl (C=O) groups is 1. The number of hydrogen-bond donors (Lipinski definition) is 1. The molecule has 6 aromatic rings. The minimum atomic E-state index is -3.43. The summed E-state index contributed by atoms with van der Waals surface area (Å²) in [5, 5.41) is 19.0. The number of anilines is 1. The van der Waals surface area contributed by atoms with E-state index in [4.69, 9.17) is 14.6 Å². The molecule has 8 rings (SSSR count). The molecule has 12 nitrogen and oxygen atoms in total. The Labute approximate surface area is 340 Å². The van der Waals surface area contributed by atoms with Crippen molar-refractivity contribution in [1.29, 1.82) is 0 Å². The monoisotopic (exact) mass is 804 g/mol. The molecule has 0 aliphatic carbocycles. The van der Waals surface area contributed by atoms with Gasteiger partial charge in [-0.05, 0) is 73.4 Å². The number of carboxylic acids is 1. The fourth-order valence-corrected chi connectivity index (χ4v) is 9.79. The van der Waals surface area contributed by atoms with Crippen LogP contribution in [0.4, 0.5) is 5.69 Å². The zero-order chi connectivity index (χ0) is 40.4. The molecule has 0 saturated carbocycles. The van der Waals surface area contributed by atoms with Crippen LogP contribution in [-0.2, 0) is 43.3 Å². The maximum atomic E-state index is 13.2. The lowest BCUT2D eigenvalue weighted by molar-refractivity contribution is 0.0684. The smallest absolute Gasteiger partial charge is 0.352 e. The zero-order valence-corrected chi connectivity index (χ0v) is 34.4. The number of carboxylic acid groups (broad SMARTS) is 1. The molecule has 0 radical (unpaired) electrons. The van der Waals surface area contributed by atoms with E-state index in [1.807, 2.05) is 66.3 Å². The van der Waals surface area contributed by atoms with Crippen LogP contribution < -0.4 is 14.4 Å². The largest absolute Gasteiger partial charge is 0.493 e. The highest BCUT2D eigenvalue weighted by Crippen LogP contribution is 2.40. The predicted molar refractivity (Wildman–Crippen MR) is 228 cm³/mol. The van der Waals surface area contributed by atoms with Gasteiger partial charge in [-0.15, -0.1) is 0 Å². The van der Waals surface area contributed by atoms with Gasteiger partial charge in [0.1, 0.15) is 29.5 Å². The van der Waals surface area contributed by atoms with Crippen molar-refractivity contribution in [2.24, 2.45) is 7.05 Å². The van der Waals surface area contributed by atoms with E-state index in [-0.39, 0.29) is 6.61 Å². The zero-order valence-electron chi connectivity index (χ0n) is 33.6. The van der Waals surface area contributed by atoms with E-state index in [9.17, 15) is 18.3 Å². The second-order valence-corrected chi connectivity index (χ2v) is 17.6. The first kappa shape index (κ1) is 39.5. The van der Waals surface area contributed by atoms with Gasteiger partial charge >= 0.3 is 5.97 Å². The molecule has 0 unspecified atom stereocenters. The Balaban J connectivity index is 1.06. The summed E-state index contributed by atoms with van der Waals surface area (Å²) in [5.74, 6) is 0.622. The van der Waals surface area contributed by atoms with E-state index in [1.54, 1.807) is 14.1 Å². The topological polar surface area (TPSA) is 122 Å². The number of ether oxygens (including phenoxy) is 2. The van der Waals surface area contributed by atoms with Crippen molar-refractivity contribution < 1.29 is 27.8 Å². The van der Waals surface area contributed by atoms with Crippen molar-refractivity contribution in [2.45, 2.75) is 58.1 Å². The number of para-hydroxylation sites is 1. The van der Waals surface area contributed by atoms with Crippen LogP contribution in [0.3, 0.4) is 0 Å². The first-order chi connectivity index (χ1) is 28.1. The standard InChI is InChI=1S/C45H52N6O6S/c1-47(2)58(54,55)50-28-26-49(27-29-50)33-21-23-34(24-22-33)57-31-39-42-38-17-11-16-36-37(18-12-30-56-41-20-10-14-32-13-7-8-15-35(32)41)44(45(52)53)51(43(36)38)25-9-5-4-6-19-40(42)48(3)46-39/h7-8,10-11,13-17,20-24H,4-6,9,12,18-19,25-31H2,1-3H3,(H,52,53). The number of aryl methyl sites for hydroxylation is 3. The van der Waals surface area contributed by atoms with Crippen LogP contribution in [0.1, 0.15) is 59.5 Å². The molecule has 4 heterocycles. The van der Waals surface area contributed by atoms with E-state index in [1.165, 1.54) is 8.61 Å². The molecular formula is C45H52N6O6S. The van der Waals surface area contributed by atoms with Gasteiger partial charge in [0.05, 0.1) is 12.1 Å². The fourth-order valence-electron chi connectivity index (χ4n) is 8.70. The Morgan fingerprint density at radius 2 is 1.55 bits per heavy atom. The molecular weight excluding hydrogens is 753 g/mol. The molecule has 0 bridgehead atoms. The minimum absolute atomic E-state index is 0.241. The van der Waals surface area contributed by atoms with E-state index in [2.05, 4.69) is 39.8 Å². The van der Waals surface area contributed by atoms with Crippen molar-refractivity contribution in [2.75, 3.05) is 51.8 Å². The summed E-state index contributed by atoms with van der Waals surface area (Å²) in [6.45, 7) is 3.38. The Morgan fingerprint density at radius 3 is 2.33 bits per heavy atom. The van der Waals surface area contributed by atoms with Gasteiger partial charge < -0.3 is 24.0 Å². The van der Waals surface area contributed by atoms with Crippen LogP contribution in [0.15, 0.2) is 84.9 Å². The van der Waals surface area contributed by atoms with E-state index < -0.39 is 16.2 Å². The summed E-state index contributed by atoms with van der Waals surface area (Å²) >= 11 is 0. The molecule has 0 spiro atoms. The first-order valence-corrected chi connectivity index (χ1v) is 21.7. The maximum Gasteiger partial charge on any atom is 0.352 e. The van der Waals surface area contributed by atoms with E-state index >= 15 is 0 Å². The Kier molecular flexibility index (Phi) is 11.5. The summed E-state index contributed by atoms with van der Waals surface area (Å²) < 4.78 is 44.7. The predicted octanol–water partition coefficient (Wildman–Crippen LogP) is 7.53. The van der Waals surface area contributed by atoms with Crippen molar-refractivity contribution in [3.63, 3.8) is 0 Å². The third kappa shape index (κ3) is 7.78. The third-order valence-corrected chi connectivity index (χ3v) is 13.6.